The van der Waals surface area contributed by atoms with Crippen molar-refractivity contribution in [3.63, 3.8) is 0 Å². The van der Waals surface area contributed by atoms with Crippen LogP contribution in [0.4, 0.5) is 5.69 Å². The Kier molecular flexibility index (Phi) is 4.68. The molecule has 1 aliphatic rings. The van der Waals surface area contributed by atoms with Crippen molar-refractivity contribution in [1.29, 1.82) is 0 Å². The fraction of sp³-hybridized carbons (Fsp3) is 0.600. The van der Waals surface area contributed by atoms with Gasteiger partial charge in [0.1, 0.15) is 0 Å². The third-order valence-corrected chi connectivity index (χ3v) is 4.69. The zero-order valence-electron chi connectivity index (χ0n) is 11.0. The molecule has 0 bridgehead atoms. The summed E-state index contributed by atoms with van der Waals surface area (Å²) in [6, 6.07) is 8.21. The van der Waals surface area contributed by atoms with Crippen LogP contribution in [0.25, 0.3) is 0 Å². The normalized spacial score (nSPS) is 28.1. The second kappa shape index (κ2) is 6.07. The monoisotopic (exact) mass is 311 g/mol. The number of anilines is 1. The number of aliphatic hydroxyl groups is 1. The Morgan fingerprint density at radius 3 is 2.94 bits per heavy atom. The number of rotatable bonds is 4. The SMILES string of the molecule is CCC1CCCCC1(CO)Nc1cccc(Br)c1. The van der Waals surface area contributed by atoms with Crippen molar-refractivity contribution < 1.29 is 5.11 Å². The van der Waals surface area contributed by atoms with Gasteiger partial charge in [0.15, 0.2) is 0 Å². The van der Waals surface area contributed by atoms with Gasteiger partial charge in [0.05, 0.1) is 12.1 Å². The van der Waals surface area contributed by atoms with Gasteiger partial charge in [-0.2, -0.15) is 0 Å². The standard InChI is InChI=1S/C15H22BrNO/c1-2-12-6-3-4-9-15(12,11-18)17-14-8-5-7-13(16)10-14/h5,7-8,10,12,17-18H,2-4,6,9,11H2,1H3. The minimum absolute atomic E-state index is 0.131. The first-order valence-electron chi connectivity index (χ1n) is 6.85. The van der Waals surface area contributed by atoms with E-state index in [1.54, 1.807) is 0 Å². The lowest BCUT2D eigenvalue weighted by atomic mass is 9.71. The van der Waals surface area contributed by atoms with E-state index in [2.05, 4.69) is 40.3 Å². The second-order valence-electron chi connectivity index (χ2n) is 5.30. The topological polar surface area (TPSA) is 32.3 Å². The van der Waals surface area contributed by atoms with E-state index in [0.717, 1.165) is 23.0 Å². The van der Waals surface area contributed by atoms with Crippen LogP contribution in [0.5, 0.6) is 0 Å². The average molecular weight is 312 g/mol. The van der Waals surface area contributed by atoms with Crippen LogP contribution in [0.1, 0.15) is 39.0 Å². The number of hydrogen-bond acceptors (Lipinski definition) is 2. The highest BCUT2D eigenvalue weighted by atomic mass is 79.9. The second-order valence-corrected chi connectivity index (χ2v) is 6.22. The van der Waals surface area contributed by atoms with Gasteiger partial charge in [0.25, 0.3) is 0 Å². The first-order valence-corrected chi connectivity index (χ1v) is 7.64. The van der Waals surface area contributed by atoms with Crippen molar-refractivity contribution in [3.05, 3.63) is 28.7 Å². The summed E-state index contributed by atoms with van der Waals surface area (Å²) in [5.41, 5.74) is 0.965. The third kappa shape index (κ3) is 2.89. The van der Waals surface area contributed by atoms with Crippen LogP contribution < -0.4 is 5.32 Å². The van der Waals surface area contributed by atoms with E-state index < -0.39 is 0 Å². The molecule has 2 rings (SSSR count). The molecule has 3 heteroatoms. The molecule has 100 valence electrons. The summed E-state index contributed by atoms with van der Waals surface area (Å²) in [7, 11) is 0. The predicted octanol–water partition coefficient (Wildman–Crippen LogP) is 4.19. The summed E-state index contributed by atoms with van der Waals surface area (Å²) in [6.07, 6.45) is 5.91. The van der Waals surface area contributed by atoms with Crippen molar-refractivity contribution in [1.82, 2.24) is 0 Å². The molecule has 1 saturated carbocycles. The molecule has 2 nitrogen and oxygen atoms in total. The highest BCUT2D eigenvalue weighted by Crippen LogP contribution is 2.38. The van der Waals surface area contributed by atoms with Gasteiger partial charge in [0.2, 0.25) is 0 Å². The van der Waals surface area contributed by atoms with E-state index in [9.17, 15) is 5.11 Å². The lowest BCUT2D eigenvalue weighted by Gasteiger charge is -2.44. The fourth-order valence-corrected chi connectivity index (χ4v) is 3.57. The molecule has 1 aromatic rings. The number of aliphatic hydroxyl groups excluding tert-OH is 1. The lowest BCUT2D eigenvalue weighted by molar-refractivity contribution is 0.115. The number of hydrogen-bond donors (Lipinski definition) is 2. The zero-order chi connectivity index (χ0) is 13.0. The van der Waals surface area contributed by atoms with Crippen LogP contribution in [0.15, 0.2) is 28.7 Å². The van der Waals surface area contributed by atoms with Crippen LogP contribution in [0, 0.1) is 5.92 Å². The van der Waals surface area contributed by atoms with Crippen molar-refractivity contribution in [2.75, 3.05) is 11.9 Å². The van der Waals surface area contributed by atoms with E-state index in [-0.39, 0.29) is 12.1 Å². The van der Waals surface area contributed by atoms with Gasteiger partial charge < -0.3 is 10.4 Å². The highest BCUT2D eigenvalue weighted by molar-refractivity contribution is 9.10. The van der Waals surface area contributed by atoms with E-state index >= 15 is 0 Å². The van der Waals surface area contributed by atoms with Crippen LogP contribution in [0.3, 0.4) is 0 Å². The summed E-state index contributed by atoms with van der Waals surface area (Å²) in [6.45, 7) is 2.45. The van der Waals surface area contributed by atoms with Gasteiger partial charge in [-0.3, -0.25) is 0 Å². The van der Waals surface area contributed by atoms with Gasteiger partial charge in [0, 0.05) is 10.2 Å². The van der Waals surface area contributed by atoms with Crippen molar-refractivity contribution in [3.8, 4) is 0 Å². The largest absolute Gasteiger partial charge is 0.394 e. The molecule has 1 fully saturated rings. The summed E-state index contributed by atoms with van der Waals surface area (Å²) in [4.78, 5) is 0. The molecule has 0 heterocycles. The van der Waals surface area contributed by atoms with Crippen molar-refractivity contribution in [2.24, 2.45) is 5.92 Å². The van der Waals surface area contributed by atoms with E-state index in [1.165, 1.54) is 19.3 Å². The molecule has 0 amide bonds. The van der Waals surface area contributed by atoms with E-state index in [4.69, 9.17) is 0 Å². The molecule has 2 unspecified atom stereocenters. The summed E-state index contributed by atoms with van der Waals surface area (Å²) in [5.74, 6) is 0.565. The Morgan fingerprint density at radius 1 is 1.44 bits per heavy atom. The maximum absolute atomic E-state index is 9.90. The number of halogens is 1. The van der Waals surface area contributed by atoms with Gasteiger partial charge in [-0.25, -0.2) is 0 Å². The zero-order valence-corrected chi connectivity index (χ0v) is 12.5. The molecular weight excluding hydrogens is 290 g/mol. The molecule has 0 spiro atoms. The van der Waals surface area contributed by atoms with E-state index in [0.29, 0.717) is 5.92 Å². The quantitative estimate of drug-likeness (QED) is 0.873. The van der Waals surface area contributed by atoms with Crippen LogP contribution >= 0.6 is 15.9 Å². The van der Waals surface area contributed by atoms with Gasteiger partial charge >= 0.3 is 0 Å². The predicted molar refractivity (Wildman–Crippen MR) is 79.8 cm³/mol. The Labute approximate surface area is 118 Å². The summed E-state index contributed by atoms with van der Waals surface area (Å²) >= 11 is 3.50. The van der Waals surface area contributed by atoms with Gasteiger partial charge in [-0.1, -0.05) is 48.2 Å². The Hall–Kier alpha value is -0.540. The van der Waals surface area contributed by atoms with Crippen LogP contribution in [-0.2, 0) is 0 Å². The Balaban J connectivity index is 2.21. The molecule has 2 N–H and O–H groups in total. The molecule has 2 atom stereocenters. The number of benzene rings is 1. The van der Waals surface area contributed by atoms with Crippen molar-refractivity contribution >= 4 is 21.6 Å². The van der Waals surface area contributed by atoms with E-state index in [1.807, 2.05) is 12.1 Å². The summed E-state index contributed by atoms with van der Waals surface area (Å²) in [5, 5.41) is 13.5. The maximum Gasteiger partial charge on any atom is 0.0664 e. The highest BCUT2D eigenvalue weighted by Gasteiger charge is 2.39. The molecule has 0 saturated heterocycles. The Bertz CT molecular complexity index is 396. The first-order chi connectivity index (χ1) is 8.70. The minimum atomic E-state index is -0.131. The average Bonchev–Trinajstić information content (AvgIpc) is 2.39. The molecule has 1 aromatic carbocycles. The summed E-state index contributed by atoms with van der Waals surface area (Å²) < 4.78 is 1.07. The molecule has 18 heavy (non-hydrogen) atoms. The Morgan fingerprint density at radius 2 is 2.28 bits per heavy atom. The van der Waals surface area contributed by atoms with Crippen LogP contribution in [-0.4, -0.2) is 17.3 Å². The molecule has 1 aliphatic carbocycles. The van der Waals surface area contributed by atoms with Crippen molar-refractivity contribution in [2.45, 2.75) is 44.6 Å². The fourth-order valence-electron chi connectivity index (χ4n) is 3.17. The molecule has 0 aliphatic heterocycles. The third-order valence-electron chi connectivity index (χ3n) is 4.20. The van der Waals surface area contributed by atoms with Gasteiger partial charge in [-0.15, -0.1) is 0 Å². The lowest BCUT2D eigenvalue weighted by Crippen LogP contribution is -2.50. The molecular formula is C15H22BrNO. The first kappa shape index (κ1) is 13.9. The molecule has 0 aromatic heterocycles. The maximum atomic E-state index is 9.90. The van der Waals surface area contributed by atoms with Crippen LogP contribution in [0.2, 0.25) is 0 Å². The number of nitrogens with one attached hydrogen (secondary N) is 1. The minimum Gasteiger partial charge on any atom is -0.394 e. The van der Waals surface area contributed by atoms with Gasteiger partial charge in [-0.05, 0) is 37.0 Å². The molecule has 0 radical (unpaired) electrons. The smallest absolute Gasteiger partial charge is 0.0664 e.